The Balaban J connectivity index is 1.93. The smallest absolute Gasteiger partial charge is 0.110 e. The van der Waals surface area contributed by atoms with Gasteiger partial charge in [-0.1, -0.05) is 75.8 Å². The van der Waals surface area contributed by atoms with Gasteiger partial charge in [-0.25, -0.2) is 0 Å². The zero-order valence-corrected chi connectivity index (χ0v) is 19.9. The highest BCUT2D eigenvalue weighted by molar-refractivity contribution is 6.73. The molecule has 0 fully saturated rings. The van der Waals surface area contributed by atoms with E-state index in [1.165, 1.54) is 0 Å². The third-order valence-corrected chi connectivity index (χ3v) is 7.39. The molecule has 0 bridgehead atoms. The second-order valence-corrected chi connectivity index (χ2v) is 9.32. The van der Waals surface area contributed by atoms with Gasteiger partial charge in [-0.15, -0.1) is 21.9 Å². The lowest BCUT2D eigenvalue weighted by atomic mass is 9.58. The van der Waals surface area contributed by atoms with Gasteiger partial charge in [0.15, 0.2) is 0 Å². The van der Waals surface area contributed by atoms with Crippen molar-refractivity contribution in [2.75, 3.05) is 0 Å². The second kappa shape index (κ2) is 8.49. The molecular formula is C28H9B9. The molecule has 0 amide bonds. The first kappa shape index (κ1) is 24.3. The predicted octanol–water partition coefficient (Wildman–Crippen LogP) is -2.89. The lowest BCUT2D eigenvalue weighted by molar-refractivity contribution is 1.75. The maximum Gasteiger partial charge on any atom is 0.115 e. The Morgan fingerprint density at radius 2 is 0.784 bits per heavy atom. The predicted molar refractivity (Wildman–Crippen MR) is 170 cm³/mol. The monoisotopic (exact) mass is 444 g/mol. The fourth-order valence-corrected chi connectivity index (χ4v) is 5.43. The van der Waals surface area contributed by atoms with E-state index in [0.29, 0.717) is 27.1 Å². The van der Waals surface area contributed by atoms with Crippen molar-refractivity contribution in [3.63, 3.8) is 0 Å². The molecule has 6 rings (SSSR count). The van der Waals surface area contributed by atoms with Crippen LogP contribution in [-0.2, 0) is 0 Å². The first-order valence-corrected chi connectivity index (χ1v) is 11.6. The number of fused-ring (bicyclic) bond motifs is 5. The van der Waals surface area contributed by atoms with Crippen LogP contribution in [0.3, 0.4) is 0 Å². The standard InChI is InChI=1S/C28H9B9/c29-20-18-16(21(30)25(34)27(36)23(18)32)15(17-19(20)24(33)28(37)26(35)22(17)31)12-8-7-11-6-5-10-3-1-2-4-13(10)14(11)9-12/h1-9H. The number of hydrogen-bond acceptors (Lipinski definition) is 0. The Hall–Kier alpha value is -3.06. The molecule has 0 aromatic heterocycles. The molecule has 9 heteroatoms. The molecule has 6 aromatic rings. The molecule has 0 saturated carbocycles. The molecule has 0 aliphatic heterocycles. The first-order chi connectivity index (χ1) is 17.6. The van der Waals surface area contributed by atoms with Crippen LogP contribution in [0.5, 0.6) is 0 Å². The van der Waals surface area contributed by atoms with Crippen LogP contribution < -0.4 is 49.2 Å². The van der Waals surface area contributed by atoms with Gasteiger partial charge in [0.25, 0.3) is 0 Å². The van der Waals surface area contributed by atoms with Gasteiger partial charge in [0.05, 0.1) is 0 Å². The lowest BCUT2D eigenvalue weighted by Gasteiger charge is -2.27. The van der Waals surface area contributed by atoms with Crippen molar-refractivity contribution in [2.45, 2.75) is 0 Å². The van der Waals surface area contributed by atoms with E-state index in [0.717, 1.165) is 27.1 Å². The molecule has 0 unspecified atom stereocenters. The molecule has 0 aliphatic rings. The van der Waals surface area contributed by atoms with E-state index in [-0.39, 0.29) is 49.2 Å². The maximum atomic E-state index is 6.68. The summed E-state index contributed by atoms with van der Waals surface area (Å²) in [4.78, 5) is 0. The van der Waals surface area contributed by atoms with Gasteiger partial charge in [-0.05, 0) is 60.3 Å². The fourth-order valence-electron chi connectivity index (χ4n) is 5.43. The average Bonchev–Trinajstić information content (AvgIpc) is 2.91. The maximum absolute atomic E-state index is 6.68. The molecule has 6 aromatic carbocycles. The quantitative estimate of drug-likeness (QED) is 0.146. The van der Waals surface area contributed by atoms with Crippen LogP contribution in [0.1, 0.15) is 0 Å². The van der Waals surface area contributed by atoms with Crippen molar-refractivity contribution >= 4 is 163 Å². The summed E-state index contributed by atoms with van der Waals surface area (Å²) in [5, 5.41) is 6.21. The minimum atomic E-state index is 0.140. The lowest BCUT2D eigenvalue weighted by Crippen LogP contribution is -2.51. The average molecular weight is 443 g/mol. The SMILES string of the molecule is [B]c1c([B])c([B])c2c(-c3ccc4ccc5ccccc5c4c3)c3c([B])c([B])c([B])c([B])c3c([B])c2c1[B]. The molecule has 148 valence electrons. The van der Waals surface area contributed by atoms with E-state index in [2.05, 4.69) is 30.3 Å². The summed E-state index contributed by atoms with van der Waals surface area (Å²) in [7, 11) is 57.9. The van der Waals surface area contributed by atoms with Crippen molar-refractivity contribution in [1.29, 1.82) is 0 Å². The van der Waals surface area contributed by atoms with Crippen LogP contribution >= 0.6 is 0 Å². The van der Waals surface area contributed by atoms with Crippen molar-refractivity contribution in [2.24, 2.45) is 0 Å². The van der Waals surface area contributed by atoms with E-state index >= 15 is 0 Å². The first-order valence-electron chi connectivity index (χ1n) is 11.6. The number of benzene rings is 6. The van der Waals surface area contributed by atoms with Crippen LogP contribution in [0, 0.1) is 0 Å². The molecule has 18 radical (unpaired) electrons. The topological polar surface area (TPSA) is 0 Å². The molecule has 0 spiro atoms. The number of rotatable bonds is 1. The summed E-state index contributed by atoms with van der Waals surface area (Å²) in [6.45, 7) is 0. The highest BCUT2D eigenvalue weighted by Gasteiger charge is 2.22. The molecule has 0 aliphatic carbocycles. The molecule has 0 atom stereocenters. The van der Waals surface area contributed by atoms with E-state index in [1.54, 1.807) is 0 Å². The Labute approximate surface area is 228 Å². The van der Waals surface area contributed by atoms with Gasteiger partial charge in [0.1, 0.15) is 70.6 Å². The summed E-state index contributed by atoms with van der Waals surface area (Å²) in [6, 6.07) is 18.4. The molecule has 0 N–H and O–H groups in total. The summed E-state index contributed by atoms with van der Waals surface area (Å²) in [5.41, 5.74) is 3.13. The number of hydrogen-bond donors (Lipinski definition) is 0. The zero-order valence-electron chi connectivity index (χ0n) is 19.9. The van der Waals surface area contributed by atoms with Crippen molar-refractivity contribution in [3.05, 3.63) is 54.6 Å². The van der Waals surface area contributed by atoms with Crippen molar-refractivity contribution in [1.82, 2.24) is 0 Å². The fraction of sp³-hybridized carbons (Fsp3) is 0. The Kier molecular flexibility index (Phi) is 5.57. The third kappa shape index (κ3) is 3.29. The second-order valence-electron chi connectivity index (χ2n) is 9.32. The van der Waals surface area contributed by atoms with E-state index in [4.69, 9.17) is 70.6 Å². The molecule has 0 nitrogen and oxygen atoms in total. The van der Waals surface area contributed by atoms with Crippen LogP contribution in [0.4, 0.5) is 0 Å². The summed E-state index contributed by atoms with van der Waals surface area (Å²) >= 11 is 0. The van der Waals surface area contributed by atoms with Crippen LogP contribution in [0.25, 0.3) is 54.2 Å². The van der Waals surface area contributed by atoms with Crippen molar-refractivity contribution in [3.8, 4) is 11.1 Å². The normalized spacial score (nSPS) is 11.7. The zero-order chi connectivity index (χ0) is 26.3. The molecule has 0 saturated heterocycles. The highest BCUT2D eigenvalue weighted by atomic mass is 14.2. The van der Waals surface area contributed by atoms with Crippen LogP contribution in [-0.4, -0.2) is 70.6 Å². The molecular weight excluding hydrogens is 434 g/mol. The van der Waals surface area contributed by atoms with E-state index in [9.17, 15) is 0 Å². The Morgan fingerprint density at radius 1 is 0.351 bits per heavy atom. The van der Waals surface area contributed by atoms with Gasteiger partial charge in [0, 0.05) is 0 Å². The summed E-state index contributed by atoms with van der Waals surface area (Å²) in [6.07, 6.45) is 0. The van der Waals surface area contributed by atoms with E-state index < -0.39 is 0 Å². The van der Waals surface area contributed by atoms with E-state index in [1.807, 2.05) is 24.3 Å². The molecule has 37 heavy (non-hydrogen) atoms. The van der Waals surface area contributed by atoms with Crippen LogP contribution in [0.2, 0.25) is 0 Å². The van der Waals surface area contributed by atoms with Gasteiger partial charge in [-0.2, -0.15) is 0 Å². The summed E-state index contributed by atoms with van der Waals surface area (Å²) < 4.78 is 0. The van der Waals surface area contributed by atoms with Gasteiger partial charge >= 0.3 is 0 Å². The van der Waals surface area contributed by atoms with Crippen molar-refractivity contribution < 1.29 is 0 Å². The van der Waals surface area contributed by atoms with Gasteiger partial charge in [-0.3, -0.25) is 0 Å². The highest BCUT2D eigenvalue weighted by Crippen LogP contribution is 2.35. The Bertz CT molecular complexity index is 1900. The minimum absolute atomic E-state index is 0.140. The third-order valence-electron chi connectivity index (χ3n) is 7.39. The summed E-state index contributed by atoms with van der Waals surface area (Å²) in [5.74, 6) is 0. The van der Waals surface area contributed by atoms with Crippen LogP contribution in [0.15, 0.2) is 54.6 Å². The van der Waals surface area contributed by atoms with Gasteiger partial charge in [0.2, 0.25) is 0 Å². The minimum Gasteiger partial charge on any atom is -0.110 e. The largest absolute Gasteiger partial charge is 0.115 e. The molecule has 0 heterocycles. The van der Waals surface area contributed by atoms with Gasteiger partial charge < -0.3 is 0 Å². The Morgan fingerprint density at radius 3 is 1.32 bits per heavy atom.